The molecule has 1 aromatic heterocycles. The minimum Gasteiger partial charge on any atom is -0.488 e. The quantitative estimate of drug-likeness (QED) is 0.330. The first-order valence-corrected chi connectivity index (χ1v) is 13.7. The number of rotatable bonds is 8. The summed E-state index contributed by atoms with van der Waals surface area (Å²) in [5.41, 5.74) is -2.62. The van der Waals surface area contributed by atoms with Crippen molar-refractivity contribution in [2.45, 2.75) is 49.4 Å². The Morgan fingerprint density at radius 3 is 2.50 bits per heavy atom. The fraction of sp³-hybridized carbons (Fsp3) is 0.346. The van der Waals surface area contributed by atoms with Gasteiger partial charge in [0.05, 0.1) is 11.3 Å². The first kappa shape index (κ1) is 31.0. The number of halogens is 6. The van der Waals surface area contributed by atoms with Gasteiger partial charge in [0, 0.05) is 49.6 Å². The second kappa shape index (κ2) is 11.4. The van der Waals surface area contributed by atoms with Gasteiger partial charge in [-0.3, -0.25) is 0 Å². The number of hydrogen-bond acceptors (Lipinski definition) is 7. The van der Waals surface area contributed by atoms with E-state index < -0.39 is 80.6 Å². The lowest BCUT2D eigenvalue weighted by atomic mass is 10.1. The smallest absolute Gasteiger partial charge is 0.420 e. The van der Waals surface area contributed by atoms with Crippen LogP contribution in [0.25, 0.3) is 0 Å². The van der Waals surface area contributed by atoms with Crippen LogP contribution in [0.2, 0.25) is 0 Å². The van der Waals surface area contributed by atoms with Crippen molar-refractivity contribution in [1.82, 2.24) is 14.3 Å². The third kappa shape index (κ3) is 6.59. The summed E-state index contributed by atoms with van der Waals surface area (Å²) in [7, 11) is -3.51. The SMILES string of the molecule is CN1[C@H](CCC(C)(F)F)CN(c2cccc(F)c2)c2cc(C(F)(F)F)c(OCc3cncnc3C(=O)O)cc2S1(=O)=O. The number of aromatic carboxylic acids is 1. The minimum absolute atomic E-state index is 0.00987. The van der Waals surface area contributed by atoms with Crippen LogP contribution in [0.3, 0.4) is 0 Å². The number of benzene rings is 2. The molecule has 0 bridgehead atoms. The molecule has 0 fully saturated rings. The lowest BCUT2D eigenvalue weighted by molar-refractivity contribution is -0.139. The molecule has 0 saturated carbocycles. The predicted molar refractivity (Wildman–Crippen MR) is 137 cm³/mol. The average Bonchev–Trinajstić information content (AvgIpc) is 2.97. The van der Waals surface area contributed by atoms with Gasteiger partial charge in [0.1, 0.15) is 29.4 Å². The Kier molecular flexibility index (Phi) is 8.42. The summed E-state index contributed by atoms with van der Waals surface area (Å²) in [6.07, 6.45) is -4.23. The van der Waals surface area contributed by atoms with E-state index in [1.165, 1.54) is 12.1 Å². The van der Waals surface area contributed by atoms with Gasteiger partial charge in [-0.15, -0.1) is 0 Å². The zero-order valence-electron chi connectivity index (χ0n) is 22.1. The molecule has 42 heavy (non-hydrogen) atoms. The first-order valence-electron chi connectivity index (χ1n) is 12.3. The summed E-state index contributed by atoms with van der Waals surface area (Å²) >= 11 is 0. The summed E-state index contributed by atoms with van der Waals surface area (Å²) in [6, 6.07) is 4.69. The summed E-state index contributed by atoms with van der Waals surface area (Å²) in [5.74, 6) is -6.36. The zero-order valence-corrected chi connectivity index (χ0v) is 22.9. The van der Waals surface area contributed by atoms with Crippen molar-refractivity contribution in [2.24, 2.45) is 0 Å². The highest BCUT2D eigenvalue weighted by atomic mass is 32.2. The number of carbonyl (C=O) groups is 1. The average molecular weight is 619 g/mol. The van der Waals surface area contributed by atoms with Crippen molar-refractivity contribution in [3.63, 3.8) is 0 Å². The molecule has 1 aliphatic rings. The molecule has 1 atom stereocenters. The topological polar surface area (TPSA) is 113 Å². The van der Waals surface area contributed by atoms with Crippen molar-refractivity contribution in [3.05, 3.63) is 71.6 Å². The van der Waals surface area contributed by atoms with Gasteiger partial charge in [-0.2, -0.15) is 17.5 Å². The van der Waals surface area contributed by atoms with Crippen molar-refractivity contribution >= 4 is 27.4 Å². The molecule has 16 heteroatoms. The van der Waals surface area contributed by atoms with E-state index in [0.717, 1.165) is 40.9 Å². The van der Waals surface area contributed by atoms with Crippen molar-refractivity contribution in [3.8, 4) is 5.75 Å². The Labute approximate surface area is 236 Å². The molecule has 2 heterocycles. The van der Waals surface area contributed by atoms with Crippen LogP contribution in [0.5, 0.6) is 5.75 Å². The van der Waals surface area contributed by atoms with Crippen LogP contribution >= 0.6 is 0 Å². The molecule has 226 valence electrons. The van der Waals surface area contributed by atoms with Crippen LogP contribution in [-0.4, -0.2) is 59.3 Å². The standard InChI is InChI=1S/C26H24F6N4O5S/c1-25(28,29)7-6-18-12-36(17-5-3-4-16(27)8-17)20-9-19(26(30,31)32)21(10-22(20)42(39,40)35(18)2)41-13-15-11-33-14-34-23(15)24(37)38/h3-5,8-11,14,18H,6-7,12-13H2,1-2H3,(H,37,38)/t18-/m1/s1. The van der Waals surface area contributed by atoms with Crippen LogP contribution in [0.15, 0.2) is 53.8 Å². The van der Waals surface area contributed by atoms with Crippen molar-refractivity contribution in [2.75, 3.05) is 18.5 Å². The number of aromatic nitrogens is 2. The lowest BCUT2D eigenvalue weighted by Gasteiger charge is -2.30. The maximum atomic E-state index is 14.3. The zero-order chi connectivity index (χ0) is 31.0. The first-order chi connectivity index (χ1) is 19.5. The van der Waals surface area contributed by atoms with E-state index in [1.54, 1.807) is 0 Å². The van der Waals surface area contributed by atoms with Crippen LogP contribution in [0.1, 0.15) is 41.4 Å². The molecular weight excluding hydrogens is 594 g/mol. The maximum absolute atomic E-state index is 14.3. The highest BCUT2D eigenvalue weighted by Crippen LogP contribution is 2.46. The summed E-state index contributed by atoms with van der Waals surface area (Å²) in [4.78, 5) is 19.1. The Hall–Kier alpha value is -3.92. The third-order valence-corrected chi connectivity index (χ3v) is 8.57. The summed E-state index contributed by atoms with van der Waals surface area (Å²) < 4.78 is 118. The van der Waals surface area contributed by atoms with Gasteiger partial charge < -0.3 is 14.7 Å². The van der Waals surface area contributed by atoms with Gasteiger partial charge in [-0.05, 0) is 37.6 Å². The molecule has 3 aromatic rings. The molecule has 0 radical (unpaired) electrons. The van der Waals surface area contributed by atoms with E-state index in [0.29, 0.717) is 19.1 Å². The van der Waals surface area contributed by atoms with E-state index >= 15 is 0 Å². The van der Waals surface area contributed by atoms with Crippen LogP contribution in [0, 0.1) is 5.82 Å². The molecule has 0 saturated heterocycles. The number of nitrogens with zero attached hydrogens (tertiary/aromatic N) is 4. The summed E-state index contributed by atoms with van der Waals surface area (Å²) in [5, 5.41) is 9.32. The molecule has 0 spiro atoms. The fourth-order valence-corrected chi connectivity index (χ4v) is 6.04. The molecular formula is C26H24F6N4O5S. The van der Waals surface area contributed by atoms with E-state index in [9.17, 15) is 44.7 Å². The summed E-state index contributed by atoms with van der Waals surface area (Å²) in [6.45, 7) is -0.477. The van der Waals surface area contributed by atoms with E-state index in [1.807, 2.05) is 0 Å². The molecule has 4 rings (SSSR count). The number of fused-ring (bicyclic) bond motifs is 1. The number of carboxylic acids is 1. The predicted octanol–water partition coefficient (Wildman–Crippen LogP) is 5.49. The van der Waals surface area contributed by atoms with Gasteiger partial charge in [0.25, 0.3) is 0 Å². The third-order valence-electron chi connectivity index (χ3n) is 6.63. The van der Waals surface area contributed by atoms with Gasteiger partial charge in [-0.1, -0.05) is 6.07 Å². The molecule has 0 unspecified atom stereocenters. The fourth-order valence-electron chi connectivity index (χ4n) is 4.48. The van der Waals surface area contributed by atoms with Gasteiger partial charge in [0.2, 0.25) is 15.9 Å². The number of anilines is 2. The number of sulfonamides is 1. The largest absolute Gasteiger partial charge is 0.488 e. The molecule has 1 N–H and O–H groups in total. The number of hydrogen-bond donors (Lipinski definition) is 1. The minimum atomic E-state index is -5.09. The molecule has 0 aliphatic carbocycles. The van der Waals surface area contributed by atoms with Crippen LogP contribution in [-0.2, 0) is 22.8 Å². The van der Waals surface area contributed by atoms with Crippen LogP contribution < -0.4 is 9.64 Å². The Balaban J connectivity index is 1.90. The van der Waals surface area contributed by atoms with Crippen molar-refractivity contribution in [1.29, 1.82) is 0 Å². The molecule has 2 aromatic carbocycles. The monoisotopic (exact) mass is 618 g/mol. The second-order valence-corrected chi connectivity index (χ2v) is 11.6. The number of alkyl halides is 5. The van der Waals surface area contributed by atoms with Crippen LogP contribution in [0.4, 0.5) is 37.7 Å². The Morgan fingerprint density at radius 1 is 1.17 bits per heavy atom. The Morgan fingerprint density at radius 2 is 1.88 bits per heavy atom. The highest BCUT2D eigenvalue weighted by molar-refractivity contribution is 7.89. The number of ether oxygens (including phenoxy) is 1. The van der Waals surface area contributed by atoms with E-state index in [-0.39, 0.29) is 24.2 Å². The molecule has 0 amide bonds. The lowest BCUT2D eigenvalue weighted by Crippen LogP contribution is -2.41. The maximum Gasteiger partial charge on any atom is 0.420 e. The Bertz CT molecular complexity index is 1600. The second-order valence-electron chi connectivity index (χ2n) is 9.68. The normalized spacial score (nSPS) is 17.4. The molecule has 9 nitrogen and oxygen atoms in total. The van der Waals surface area contributed by atoms with Crippen molar-refractivity contribution < 1.29 is 49.4 Å². The van der Waals surface area contributed by atoms with Gasteiger partial charge >= 0.3 is 12.1 Å². The number of carboxylic acid groups (broad SMARTS) is 1. The van der Waals surface area contributed by atoms with Gasteiger partial charge in [0.15, 0.2) is 5.69 Å². The van der Waals surface area contributed by atoms with E-state index in [2.05, 4.69) is 9.97 Å². The number of likely N-dealkylation sites (N-methyl/N-ethyl adjacent to an activating group) is 1. The van der Waals surface area contributed by atoms with Gasteiger partial charge in [-0.25, -0.2) is 36.4 Å². The highest BCUT2D eigenvalue weighted by Gasteiger charge is 2.42. The molecule has 1 aliphatic heterocycles. The van der Waals surface area contributed by atoms with E-state index in [4.69, 9.17) is 4.74 Å².